The summed E-state index contributed by atoms with van der Waals surface area (Å²) in [5.41, 5.74) is -0.121. The first-order chi connectivity index (χ1) is 15.6. The molecule has 1 aromatic heterocycles. The maximum atomic E-state index is 13.8. The van der Waals surface area contributed by atoms with E-state index in [4.69, 9.17) is 9.47 Å². The van der Waals surface area contributed by atoms with Crippen LogP contribution in [0, 0.1) is 11.3 Å². The summed E-state index contributed by atoms with van der Waals surface area (Å²) in [4.78, 5) is 19.6. The third kappa shape index (κ3) is 4.91. The summed E-state index contributed by atoms with van der Waals surface area (Å²) in [6.07, 6.45) is 0.180. The number of halogens is 3. The van der Waals surface area contributed by atoms with Crippen molar-refractivity contribution in [2.45, 2.75) is 76.9 Å². The molecule has 1 saturated carbocycles. The minimum absolute atomic E-state index is 0.00238. The molecule has 2 aliphatic heterocycles. The van der Waals surface area contributed by atoms with Gasteiger partial charge in [-0.3, -0.25) is 9.78 Å². The van der Waals surface area contributed by atoms with Gasteiger partial charge in [-0.2, -0.15) is 13.2 Å². The maximum Gasteiger partial charge on any atom is 0.417 e. The Morgan fingerprint density at radius 2 is 2.15 bits per heavy atom. The van der Waals surface area contributed by atoms with Gasteiger partial charge < -0.3 is 19.7 Å². The number of hydrogen-bond acceptors (Lipinski definition) is 5. The second-order valence-corrected chi connectivity index (χ2v) is 9.97. The third-order valence-corrected chi connectivity index (χ3v) is 7.79. The second-order valence-electron chi connectivity index (χ2n) is 9.97. The Kier molecular flexibility index (Phi) is 7.03. The van der Waals surface area contributed by atoms with Crippen molar-refractivity contribution in [2.75, 3.05) is 26.9 Å². The van der Waals surface area contributed by atoms with E-state index in [-0.39, 0.29) is 36.6 Å². The lowest BCUT2D eigenvalue weighted by Crippen LogP contribution is -2.52. The molecule has 0 unspecified atom stereocenters. The van der Waals surface area contributed by atoms with Gasteiger partial charge in [-0.05, 0) is 43.2 Å². The van der Waals surface area contributed by atoms with Crippen LogP contribution in [-0.2, 0) is 33.4 Å². The molecule has 4 rings (SSSR count). The Morgan fingerprint density at radius 1 is 1.36 bits per heavy atom. The number of alkyl halides is 3. The van der Waals surface area contributed by atoms with Gasteiger partial charge in [0.2, 0.25) is 5.91 Å². The standard InChI is InChI=1S/C24H34F3N3O3/c1-15(2)23(7-4-18(11-23)29-20-6-9-33-14-21(20)32-3)22(31)30-8-5-19-16(13-30)10-17(12-28-19)24(25,26)27/h10,12,15,18,20-21,29H,4-9,11,13-14H2,1-3H3/t18-,20-,21+,23+/m0/s1. The number of carbonyl (C=O) groups is 1. The van der Waals surface area contributed by atoms with E-state index >= 15 is 0 Å². The molecule has 9 heteroatoms. The van der Waals surface area contributed by atoms with Crippen LogP contribution in [0.2, 0.25) is 0 Å². The lowest BCUT2D eigenvalue weighted by molar-refractivity contribution is -0.146. The van der Waals surface area contributed by atoms with Crippen LogP contribution in [0.3, 0.4) is 0 Å². The summed E-state index contributed by atoms with van der Waals surface area (Å²) < 4.78 is 50.6. The molecule has 1 amide bonds. The molecular weight excluding hydrogens is 435 g/mol. The van der Waals surface area contributed by atoms with Gasteiger partial charge in [0.25, 0.3) is 0 Å². The number of amides is 1. The smallest absolute Gasteiger partial charge is 0.379 e. The molecule has 1 N–H and O–H groups in total. The highest BCUT2D eigenvalue weighted by atomic mass is 19.4. The van der Waals surface area contributed by atoms with Crippen molar-refractivity contribution in [1.29, 1.82) is 0 Å². The molecular formula is C24H34F3N3O3. The Morgan fingerprint density at radius 3 is 2.85 bits per heavy atom. The van der Waals surface area contributed by atoms with E-state index in [1.165, 1.54) is 0 Å². The number of nitrogens with zero attached hydrogens (tertiary/aromatic N) is 2. The summed E-state index contributed by atoms with van der Waals surface area (Å²) in [7, 11) is 1.69. The van der Waals surface area contributed by atoms with Crippen LogP contribution in [-0.4, -0.2) is 60.8 Å². The normalized spacial score (nSPS) is 30.5. The first kappa shape index (κ1) is 24.4. The van der Waals surface area contributed by atoms with E-state index < -0.39 is 17.2 Å². The predicted octanol–water partition coefficient (Wildman–Crippen LogP) is 3.57. The average Bonchev–Trinajstić information content (AvgIpc) is 3.23. The molecule has 184 valence electrons. The number of aromatic nitrogens is 1. The monoisotopic (exact) mass is 469 g/mol. The van der Waals surface area contributed by atoms with E-state index in [1.807, 2.05) is 0 Å². The number of hydrogen-bond donors (Lipinski definition) is 1. The first-order valence-corrected chi connectivity index (χ1v) is 11.8. The zero-order chi connectivity index (χ0) is 23.8. The van der Waals surface area contributed by atoms with Crippen LogP contribution in [0.15, 0.2) is 12.3 Å². The number of carbonyl (C=O) groups excluding carboxylic acids is 1. The number of fused-ring (bicyclic) bond motifs is 1. The molecule has 33 heavy (non-hydrogen) atoms. The molecule has 2 fully saturated rings. The Labute approximate surface area is 193 Å². The van der Waals surface area contributed by atoms with Crippen LogP contribution >= 0.6 is 0 Å². The molecule has 0 radical (unpaired) electrons. The fourth-order valence-electron chi connectivity index (χ4n) is 5.69. The number of nitrogens with one attached hydrogen (secondary N) is 1. The van der Waals surface area contributed by atoms with Crippen molar-refractivity contribution < 1.29 is 27.4 Å². The van der Waals surface area contributed by atoms with Crippen LogP contribution < -0.4 is 5.32 Å². The zero-order valence-corrected chi connectivity index (χ0v) is 19.6. The highest BCUT2D eigenvalue weighted by Crippen LogP contribution is 2.47. The molecule has 1 aliphatic carbocycles. The molecule has 4 atom stereocenters. The van der Waals surface area contributed by atoms with E-state index in [1.54, 1.807) is 12.0 Å². The Balaban J connectivity index is 1.48. The third-order valence-electron chi connectivity index (χ3n) is 7.79. The fourth-order valence-corrected chi connectivity index (χ4v) is 5.69. The molecule has 0 aromatic carbocycles. The molecule has 0 bridgehead atoms. The summed E-state index contributed by atoms with van der Waals surface area (Å²) in [6, 6.07) is 1.55. The maximum absolute atomic E-state index is 13.8. The highest BCUT2D eigenvalue weighted by Gasteiger charge is 2.50. The first-order valence-electron chi connectivity index (χ1n) is 11.8. The van der Waals surface area contributed by atoms with E-state index in [0.717, 1.165) is 37.9 Å². The van der Waals surface area contributed by atoms with Gasteiger partial charge in [0.05, 0.1) is 23.7 Å². The number of methoxy groups -OCH3 is 1. The summed E-state index contributed by atoms with van der Waals surface area (Å²) >= 11 is 0. The van der Waals surface area contributed by atoms with Crippen molar-refractivity contribution in [2.24, 2.45) is 11.3 Å². The lowest BCUT2D eigenvalue weighted by Gasteiger charge is -2.40. The minimum Gasteiger partial charge on any atom is -0.379 e. The Bertz CT molecular complexity index is 863. The van der Waals surface area contributed by atoms with Gasteiger partial charge in [0.1, 0.15) is 0 Å². The second kappa shape index (κ2) is 9.50. The fraction of sp³-hybridized carbons (Fsp3) is 0.750. The largest absolute Gasteiger partial charge is 0.417 e. The van der Waals surface area contributed by atoms with Crippen molar-refractivity contribution in [3.8, 4) is 0 Å². The summed E-state index contributed by atoms with van der Waals surface area (Å²) in [5.74, 6) is 0.186. The van der Waals surface area contributed by atoms with Crippen LogP contribution in [0.25, 0.3) is 0 Å². The number of rotatable bonds is 5. The number of pyridine rings is 1. The van der Waals surface area contributed by atoms with Gasteiger partial charge in [0, 0.05) is 57.2 Å². The molecule has 3 heterocycles. The zero-order valence-electron chi connectivity index (χ0n) is 19.6. The van der Waals surface area contributed by atoms with Crippen LogP contribution in [0.4, 0.5) is 13.2 Å². The summed E-state index contributed by atoms with van der Waals surface area (Å²) in [6.45, 7) is 6.09. The SMILES string of the molecule is CO[C@@H]1COCC[C@@H]1N[C@H]1CC[C@](C(=O)N2CCc3ncc(C(F)(F)F)cc3C2)(C(C)C)C1. The predicted molar refractivity (Wildman–Crippen MR) is 116 cm³/mol. The number of ether oxygens (including phenoxy) is 2. The summed E-state index contributed by atoms with van der Waals surface area (Å²) in [5, 5.41) is 3.72. The molecule has 3 aliphatic rings. The van der Waals surface area contributed by atoms with Gasteiger partial charge in [-0.25, -0.2) is 0 Å². The molecule has 1 aromatic rings. The molecule has 1 saturated heterocycles. The van der Waals surface area contributed by atoms with E-state index in [2.05, 4.69) is 24.1 Å². The molecule has 0 spiro atoms. The van der Waals surface area contributed by atoms with Gasteiger partial charge in [0.15, 0.2) is 0 Å². The Hall–Kier alpha value is -1.71. The van der Waals surface area contributed by atoms with E-state index in [9.17, 15) is 18.0 Å². The van der Waals surface area contributed by atoms with Gasteiger partial charge in [-0.15, -0.1) is 0 Å². The minimum atomic E-state index is -4.44. The van der Waals surface area contributed by atoms with Crippen molar-refractivity contribution in [3.05, 3.63) is 29.1 Å². The van der Waals surface area contributed by atoms with Crippen molar-refractivity contribution in [3.63, 3.8) is 0 Å². The van der Waals surface area contributed by atoms with Crippen molar-refractivity contribution in [1.82, 2.24) is 15.2 Å². The topological polar surface area (TPSA) is 63.7 Å². The van der Waals surface area contributed by atoms with Gasteiger partial charge in [-0.1, -0.05) is 13.8 Å². The average molecular weight is 470 g/mol. The highest BCUT2D eigenvalue weighted by molar-refractivity contribution is 5.83. The quantitative estimate of drug-likeness (QED) is 0.714. The van der Waals surface area contributed by atoms with Crippen LogP contribution in [0.1, 0.15) is 56.4 Å². The van der Waals surface area contributed by atoms with Gasteiger partial charge >= 0.3 is 6.18 Å². The van der Waals surface area contributed by atoms with E-state index in [0.29, 0.717) is 37.4 Å². The van der Waals surface area contributed by atoms with Crippen molar-refractivity contribution >= 4 is 5.91 Å². The lowest BCUT2D eigenvalue weighted by atomic mass is 9.74. The molecule has 6 nitrogen and oxygen atoms in total. The van der Waals surface area contributed by atoms with Crippen LogP contribution in [0.5, 0.6) is 0 Å².